The third-order valence-corrected chi connectivity index (χ3v) is 0. The van der Waals surface area contributed by atoms with Crippen molar-refractivity contribution in [2.24, 2.45) is 0 Å². The van der Waals surface area contributed by atoms with Crippen molar-refractivity contribution in [3.8, 4) is 0 Å². The van der Waals surface area contributed by atoms with Gasteiger partial charge < -0.3 is 36.5 Å². The van der Waals surface area contributed by atoms with Crippen LogP contribution < -0.4 is 59.1 Å². The minimum absolute atomic E-state index is 0. The summed E-state index contributed by atoms with van der Waals surface area (Å²) in [4.78, 5) is 0. The molecule has 0 amide bonds. The Morgan fingerprint density at radius 3 is 0.833 bits per heavy atom. The van der Waals surface area contributed by atoms with Gasteiger partial charge in [0.25, 0.3) is 0 Å². The van der Waals surface area contributed by atoms with E-state index < -0.39 is 9.05 Å². The second-order valence-corrected chi connectivity index (χ2v) is 2.45. The third kappa shape index (κ3) is 340. The smallest absolute Gasteiger partial charge is 0.780 e. The van der Waals surface area contributed by atoms with E-state index in [2.05, 4.69) is 11.2 Å². The van der Waals surface area contributed by atoms with E-state index in [1.807, 2.05) is 0 Å². The van der Waals surface area contributed by atoms with Gasteiger partial charge in [-0.1, -0.05) is 0 Å². The molecule has 0 aromatic rings. The van der Waals surface area contributed by atoms with Crippen molar-refractivity contribution < 1.29 is 99.8 Å². The molecule has 0 heterocycles. The quantitative estimate of drug-likeness (QED) is 0.301. The molecule has 0 saturated heterocycles. The predicted octanol–water partition coefficient (Wildman–Crippen LogP) is -11.1. The van der Waals surface area contributed by atoms with Crippen molar-refractivity contribution in [1.82, 2.24) is 0 Å². The van der Waals surface area contributed by atoms with Crippen LogP contribution in [-0.4, -0.2) is 40.7 Å². The molecular formula is H10Na2O8S2. The van der Waals surface area contributed by atoms with E-state index in [1.165, 1.54) is 0 Å². The average Bonchev–Trinajstić information content (AvgIpc) is 0.722. The van der Waals surface area contributed by atoms with Crippen LogP contribution >= 0.6 is 0 Å². The SMILES string of the molecule is O.O.O.O.O.O=S([O-])([O-])=[34S].[Na+].[Na+]. The van der Waals surface area contributed by atoms with E-state index in [4.69, 9.17) is 13.3 Å². The van der Waals surface area contributed by atoms with Gasteiger partial charge in [0.2, 0.25) is 0 Å². The van der Waals surface area contributed by atoms with Crippen LogP contribution in [0.2, 0.25) is 0 Å². The fourth-order valence-electron chi connectivity index (χ4n) is 0. The first-order valence-corrected chi connectivity index (χ1v) is 3.00. The van der Waals surface area contributed by atoms with Crippen molar-refractivity contribution in [1.29, 1.82) is 0 Å². The fraction of sp³-hybridized carbons (Fsp3) is 0. The Balaban J connectivity index is -0.00000000381. The van der Waals surface area contributed by atoms with Gasteiger partial charge in [-0.05, 0) is 11.2 Å². The molecule has 72 valence electrons. The average molecular weight is 250 g/mol. The van der Waals surface area contributed by atoms with Gasteiger partial charge in [-0.15, -0.1) is 9.05 Å². The summed E-state index contributed by atoms with van der Waals surface area (Å²) in [5.41, 5.74) is 0. The largest absolute Gasteiger partial charge is 1.00 e. The van der Waals surface area contributed by atoms with Gasteiger partial charge in [0.05, 0.1) is 0 Å². The minimum atomic E-state index is -4.33. The number of hydrogen-bond acceptors (Lipinski definition) is 4. The second-order valence-electron chi connectivity index (χ2n) is 0.408. The first-order chi connectivity index (χ1) is 2.00. The first-order valence-electron chi connectivity index (χ1n) is 0.667. The van der Waals surface area contributed by atoms with Crippen molar-refractivity contribution in [2.45, 2.75) is 0 Å². The molecule has 0 saturated carbocycles. The summed E-state index contributed by atoms with van der Waals surface area (Å²) < 4.78 is 26.7. The van der Waals surface area contributed by atoms with Crippen LogP contribution in [0.25, 0.3) is 0 Å². The second kappa shape index (κ2) is 29.2. The molecule has 0 spiro atoms. The minimum Gasteiger partial charge on any atom is -0.780 e. The Kier molecular flexibility index (Phi) is 159. The van der Waals surface area contributed by atoms with Crippen molar-refractivity contribution in [3.63, 3.8) is 0 Å². The Morgan fingerprint density at radius 1 is 0.833 bits per heavy atom. The normalized spacial score (nSPS) is 4.83. The van der Waals surface area contributed by atoms with Gasteiger partial charge in [0.15, 0.2) is 0 Å². The van der Waals surface area contributed by atoms with E-state index in [1.54, 1.807) is 0 Å². The zero-order valence-electron chi connectivity index (χ0n) is 6.54. The van der Waals surface area contributed by atoms with Crippen LogP contribution in [0.3, 0.4) is 0 Å². The monoisotopic (exact) mass is 250 g/mol. The van der Waals surface area contributed by atoms with E-state index in [0.717, 1.165) is 0 Å². The summed E-state index contributed by atoms with van der Waals surface area (Å²) in [7, 11) is -4.33. The van der Waals surface area contributed by atoms with Gasteiger partial charge in [-0.25, -0.2) is 0 Å². The molecule has 0 atom stereocenters. The predicted molar refractivity (Wildman–Crippen MR) is 35.1 cm³/mol. The Morgan fingerprint density at radius 2 is 0.833 bits per heavy atom. The molecule has 0 aromatic carbocycles. The van der Waals surface area contributed by atoms with Crippen LogP contribution in [0.15, 0.2) is 0 Å². The first kappa shape index (κ1) is 65.1. The summed E-state index contributed by atoms with van der Waals surface area (Å²) in [5, 5.41) is 0. The molecule has 0 aliphatic carbocycles. The molecule has 0 aliphatic heterocycles. The molecule has 8 nitrogen and oxygen atoms in total. The molecule has 0 aliphatic rings. The fourth-order valence-corrected chi connectivity index (χ4v) is 0. The summed E-state index contributed by atoms with van der Waals surface area (Å²) in [6.45, 7) is 0. The molecule has 0 aromatic heterocycles. The third-order valence-electron chi connectivity index (χ3n) is 0. The molecule has 0 rings (SSSR count). The maximum atomic E-state index is 8.89. The zero-order chi connectivity index (χ0) is 4.50. The summed E-state index contributed by atoms with van der Waals surface area (Å²) >= 11 is 3.24. The molecule has 0 fully saturated rings. The van der Waals surface area contributed by atoms with Gasteiger partial charge in [0, 0.05) is 0 Å². The van der Waals surface area contributed by atoms with E-state index in [9.17, 15) is 0 Å². The number of rotatable bonds is 0. The standard InChI is InChI=1S/2Na.H2O3S2.5H2O/c;;1-5(2,3)4;;;;;/h;;(H2,1,2,3,4);5*1H2/q2*+1;;;;;;/p-2/i;;4+2;;;;;. The van der Waals surface area contributed by atoms with Crippen LogP contribution in [0.1, 0.15) is 0 Å². The zero-order valence-corrected chi connectivity index (χ0v) is 12.2. The van der Waals surface area contributed by atoms with Gasteiger partial charge in [-0.2, -0.15) is 0 Å². The van der Waals surface area contributed by atoms with Crippen LogP contribution in [0, 0.1) is 0 Å². The Hall–Kier alpha value is 2.09. The molecule has 10 N–H and O–H groups in total. The molecule has 0 unspecified atom stereocenters. The van der Waals surface area contributed by atoms with Crippen LogP contribution in [-0.2, 0) is 20.2 Å². The van der Waals surface area contributed by atoms with Gasteiger partial charge in [0.1, 0.15) is 0 Å². The molecule has 12 heavy (non-hydrogen) atoms. The van der Waals surface area contributed by atoms with Gasteiger partial charge in [-0.3, -0.25) is 4.21 Å². The van der Waals surface area contributed by atoms with E-state index in [0.29, 0.717) is 0 Å². The molecular weight excluding hydrogens is 240 g/mol. The Labute approximate surface area is 119 Å². The van der Waals surface area contributed by atoms with Crippen molar-refractivity contribution >= 4 is 20.2 Å². The van der Waals surface area contributed by atoms with E-state index >= 15 is 0 Å². The van der Waals surface area contributed by atoms with Gasteiger partial charge >= 0.3 is 59.1 Å². The maximum absolute atomic E-state index is 8.89. The van der Waals surface area contributed by atoms with Crippen molar-refractivity contribution in [3.05, 3.63) is 0 Å². The number of hydrogen-bond donors (Lipinski definition) is 0. The summed E-state index contributed by atoms with van der Waals surface area (Å²) in [6.07, 6.45) is 0. The molecule has 0 bridgehead atoms. The summed E-state index contributed by atoms with van der Waals surface area (Å²) in [6, 6.07) is 0. The molecule has 12 heteroatoms. The summed E-state index contributed by atoms with van der Waals surface area (Å²) in [5.74, 6) is 0. The van der Waals surface area contributed by atoms with Crippen LogP contribution in [0.5, 0.6) is 0 Å². The van der Waals surface area contributed by atoms with E-state index in [-0.39, 0.29) is 86.5 Å². The topological polar surface area (TPSA) is 221 Å². The molecule has 0 radical (unpaired) electrons. The van der Waals surface area contributed by atoms with Crippen LogP contribution in [0.4, 0.5) is 0 Å². The maximum Gasteiger partial charge on any atom is 1.00 e. The Bertz CT molecular complexity index is 98.2. The van der Waals surface area contributed by atoms with Crippen molar-refractivity contribution in [2.75, 3.05) is 0 Å².